The molecule has 23 heavy (non-hydrogen) atoms. The van der Waals surface area contributed by atoms with Crippen LogP contribution >= 0.6 is 11.3 Å². The van der Waals surface area contributed by atoms with Crippen molar-refractivity contribution in [1.29, 1.82) is 0 Å². The zero-order chi connectivity index (χ0) is 17.2. The Morgan fingerprint density at radius 2 is 1.91 bits per heavy atom. The first-order valence-corrected chi connectivity index (χ1v) is 7.83. The Morgan fingerprint density at radius 1 is 1.22 bits per heavy atom. The molecule has 122 valence electrons. The molecule has 0 aliphatic rings. The zero-order valence-electron chi connectivity index (χ0n) is 13.4. The molecule has 0 radical (unpaired) electrons. The molecular weight excluding hydrogens is 317 g/mol. The summed E-state index contributed by atoms with van der Waals surface area (Å²) in [4.78, 5) is 25.1. The summed E-state index contributed by atoms with van der Waals surface area (Å²) >= 11 is 1.31. The molecular formula is C17H18FNO3S. The minimum atomic E-state index is -0.522. The third-order valence-electron chi connectivity index (χ3n) is 3.19. The van der Waals surface area contributed by atoms with Crippen LogP contribution in [0.4, 0.5) is 9.39 Å². The number of nitrogens with one attached hydrogen (secondary N) is 1. The topological polar surface area (TPSA) is 55.4 Å². The number of carbonyl (C=O) groups is 2. The number of ether oxygens (including phenoxy) is 1. The minimum absolute atomic E-state index is 0.171. The molecule has 0 unspecified atom stereocenters. The molecule has 1 amide bonds. The molecule has 0 bridgehead atoms. The summed E-state index contributed by atoms with van der Waals surface area (Å²) in [6.07, 6.45) is 0. The van der Waals surface area contributed by atoms with Gasteiger partial charge in [0.2, 0.25) is 0 Å². The van der Waals surface area contributed by atoms with Crippen LogP contribution in [0.5, 0.6) is 0 Å². The summed E-state index contributed by atoms with van der Waals surface area (Å²) in [6.45, 7) is 6.04. The van der Waals surface area contributed by atoms with Crippen molar-refractivity contribution in [3.8, 4) is 0 Å². The highest BCUT2D eigenvalue weighted by Crippen LogP contribution is 2.36. The second kappa shape index (κ2) is 6.50. The van der Waals surface area contributed by atoms with E-state index in [1.165, 1.54) is 36.6 Å². The highest BCUT2D eigenvalue weighted by Gasteiger charge is 2.24. The molecule has 0 fully saturated rings. The maximum absolute atomic E-state index is 13.2. The van der Waals surface area contributed by atoms with E-state index >= 15 is 0 Å². The molecule has 6 heteroatoms. The molecule has 1 aromatic heterocycles. The summed E-state index contributed by atoms with van der Waals surface area (Å²) in [7, 11) is 1.29. The number of methoxy groups -OCH3 is 1. The fourth-order valence-electron chi connectivity index (χ4n) is 1.92. The van der Waals surface area contributed by atoms with Gasteiger partial charge in [0.15, 0.2) is 0 Å². The molecule has 0 saturated heterocycles. The molecule has 2 rings (SSSR count). The van der Waals surface area contributed by atoms with Crippen LogP contribution in [0, 0.1) is 5.82 Å². The first-order valence-electron chi connectivity index (χ1n) is 7.02. The standard InChI is InChI=1S/C17H18FNO3S/c1-17(2,3)13-9-12(16(21)22-4)15(23-13)19-14(20)10-6-5-7-11(18)8-10/h5-9H,1-4H3,(H,19,20). The molecule has 4 nitrogen and oxygen atoms in total. The lowest BCUT2D eigenvalue weighted by Crippen LogP contribution is -2.13. The van der Waals surface area contributed by atoms with Gasteiger partial charge in [-0.3, -0.25) is 4.79 Å². The summed E-state index contributed by atoms with van der Waals surface area (Å²) in [5, 5.41) is 3.07. The zero-order valence-corrected chi connectivity index (χ0v) is 14.2. The number of amides is 1. The van der Waals surface area contributed by atoms with Crippen molar-refractivity contribution in [3.63, 3.8) is 0 Å². The number of hydrogen-bond acceptors (Lipinski definition) is 4. The molecule has 1 aromatic carbocycles. The second-order valence-electron chi connectivity index (χ2n) is 6.06. The minimum Gasteiger partial charge on any atom is -0.465 e. The largest absolute Gasteiger partial charge is 0.465 e. The predicted molar refractivity (Wildman–Crippen MR) is 88.7 cm³/mol. The van der Waals surface area contributed by atoms with Gasteiger partial charge in [0, 0.05) is 10.4 Å². The van der Waals surface area contributed by atoms with E-state index in [1.807, 2.05) is 20.8 Å². The van der Waals surface area contributed by atoms with Crippen LogP contribution in [0.1, 0.15) is 46.4 Å². The third kappa shape index (κ3) is 3.96. The average Bonchev–Trinajstić information content (AvgIpc) is 2.90. The van der Waals surface area contributed by atoms with Gasteiger partial charge in [-0.05, 0) is 29.7 Å². The van der Waals surface area contributed by atoms with E-state index in [0.717, 1.165) is 10.9 Å². The van der Waals surface area contributed by atoms with Crippen molar-refractivity contribution in [3.05, 3.63) is 52.2 Å². The fraction of sp³-hybridized carbons (Fsp3) is 0.294. The number of halogens is 1. The summed E-state index contributed by atoms with van der Waals surface area (Å²) in [5.74, 6) is -1.49. The number of thiophene rings is 1. The maximum atomic E-state index is 13.2. The molecule has 0 spiro atoms. The summed E-state index contributed by atoms with van der Waals surface area (Å²) in [6, 6.07) is 7.09. The lowest BCUT2D eigenvalue weighted by Gasteiger charge is -2.15. The Hall–Kier alpha value is -2.21. The summed E-state index contributed by atoms with van der Waals surface area (Å²) in [5.41, 5.74) is 0.314. The van der Waals surface area contributed by atoms with E-state index < -0.39 is 17.7 Å². The Kier molecular flexibility index (Phi) is 4.85. The van der Waals surface area contributed by atoms with Gasteiger partial charge in [-0.15, -0.1) is 11.3 Å². The average molecular weight is 335 g/mol. The van der Waals surface area contributed by atoms with Crippen LogP contribution in [0.15, 0.2) is 30.3 Å². The van der Waals surface area contributed by atoms with Crippen LogP contribution in [0.2, 0.25) is 0 Å². The van der Waals surface area contributed by atoms with Gasteiger partial charge in [0.1, 0.15) is 10.8 Å². The number of hydrogen-bond donors (Lipinski definition) is 1. The van der Waals surface area contributed by atoms with Gasteiger partial charge in [0.05, 0.1) is 12.7 Å². The lowest BCUT2D eigenvalue weighted by molar-refractivity contribution is 0.0602. The normalized spacial score (nSPS) is 11.2. The first-order chi connectivity index (χ1) is 10.7. The van der Waals surface area contributed by atoms with Gasteiger partial charge < -0.3 is 10.1 Å². The molecule has 0 aliphatic heterocycles. The molecule has 0 aliphatic carbocycles. The van der Waals surface area contributed by atoms with Crippen molar-refractivity contribution < 1.29 is 18.7 Å². The Morgan fingerprint density at radius 3 is 2.48 bits per heavy atom. The van der Waals surface area contributed by atoms with Gasteiger partial charge in [-0.2, -0.15) is 0 Å². The van der Waals surface area contributed by atoms with Gasteiger partial charge in [0.25, 0.3) is 5.91 Å². The van der Waals surface area contributed by atoms with Gasteiger partial charge in [-0.1, -0.05) is 26.8 Å². The van der Waals surface area contributed by atoms with Crippen LogP contribution in [0.25, 0.3) is 0 Å². The Bertz CT molecular complexity index is 747. The summed E-state index contributed by atoms with van der Waals surface area (Å²) < 4.78 is 18.0. The van der Waals surface area contributed by atoms with Crippen LogP contribution in [-0.4, -0.2) is 19.0 Å². The van der Waals surface area contributed by atoms with Gasteiger partial charge in [-0.25, -0.2) is 9.18 Å². The van der Waals surface area contributed by atoms with E-state index in [1.54, 1.807) is 6.07 Å². The predicted octanol–water partition coefficient (Wildman–Crippen LogP) is 4.22. The SMILES string of the molecule is COC(=O)c1cc(C(C)(C)C)sc1NC(=O)c1cccc(F)c1. The van der Waals surface area contributed by atoms with Crippen molar-refractivity contribution in [2.45, 2.75) is 26.2 Å². The van der Waals surface area contributed by atoms with Crippen molar-refractivity contribution in [2.24, 2.45) is 0 Å². The van der Waals surface area contributed by atoms with E-state index in [-0.39, 0.29) is 11.0 Å². The monoisotopic (exact) mass is 335 g/mol. The smallest absolute Gasteiger partial charge is 0.340 e. The lowest BCUT2D eigenvalue weighted by atomic mass is 9.94. The highest BCUT2D eigenvalue weighted by atomic mass is 32.1. The van der Waals surface area contributed by atoms with Crippen LogP contribution in [-0.2, 0) is 10.2 Å². The van der Waals surface area contributed by atoms with E-state index in [2.05, 4.69) is 5.32 Å². The number of rotatable bonds is 3. The maximum Gasteiger partial charge on any atom is 0.340 e. The fourth-order valence-corrected chi connectivity index (χ4v) is 3.02. The number of benzene rings is 1. The van der Waals surface area contributed by atoms with E-state index in [4.69, 9.17) is 4.74 Å². The molecule has 0 saturated carbocycles. The van der Waals surface area contributed by atoms with Gasteiger partial charge >= 0.3 is 5.97 Å². The first kappa shape index (κ1) is 17.1. The van der Waals surface area contributed by atoms with Crippen molar-refractivity contribution in [2.75, 3.05) is 12.4 Å². The Balaban J connectivity index is 2.36. The number of esters is 1. The van der Waals surface area contributed by atoms with Crippen molar-refractivity contribution >= 4 is 28.2 Å². The third-order valence-corrected chi connectivity index (χ3v) is 4.67. The molecule has 1 N–H and O–H groups in total. The molecule has 1 heterocycles. The van der Waals surface area contributed by atoms with E-state index in [9.17, 15) is 14.0 Å². The second-order valence-corrected chi connectivity index (χ2v) is 7.11. The van der Waals surface area contributed by atoms with Crippen LogP contribution in [0.3, 0.4) is 0 Å². The Labute approximate surface area is 138 Å². The van der Waals surface area contributed by atoms with E-state index in [0.29, 0.717) is 10.6 Å². The number of carbonyl (C=O) groups excluding carboxylic acids is 2. The van der Waals surface area contributed by atoms with Crippen LogP contribution < -0.4 is 5.32 Å². The van der Waals surface area contributed by atoms with Crippen molar-refractivity contribution in [1.82, 2.24) is 0 Å². The number of anilines is 1. The highest BCUT2D eigenvalue weighted by molar-refractivity contribution is 7.16. The molecule has 0 atom stereocenters. The quantitative estimate of drug-likeness (QED) is 0.854. The molecule has 2 aromatic rings.